The van der Waals surface area contributed by atoms with E-state index in [9.17, 15) is 0 Å². The highest BCUT2D eigenvalue weighted by atomic mass is 16.3. The van der Waals surface area contributed by atoms with Crippen LogP contribution in [-0.4, -0.2) is 31.9 Å². The van der Waals surface area contributed by atoms with E-state index in [4.69, 9.17) is 10.6 Å². The van der Waals surface area contributed by atoms with Crippen molar-refractivity contribution >= 4 is 5.69 Å². The summed E-state index contributed by atoms with van der Waals surface area (Å²) in [6, 6.07) is 15.3. The lowest BCUT2D eigenvalue weighted by atomic mass is 9.99. The van der Waals surface area contributed by atoms with Crippen molar-refractivity contribution in [1.29, 1.82) is 0 Å². The van der Waals surface area contributed by atoms with Gasteiger partial charge in [0, 0.05) is 16.2 Å². The van der Waals surface area contributed by atoms with Crippen LogP contribution in [-0.2, 0) is 13.0 Å². The second-order valence-electron chi connectivity index (χ2n) is 5.12. The molecule has 0 saturated heterocycles. The van der Waals surface area contributed by atoms with E-state index in [1.54, 1.807) is 12.1 Å². The molecule has 0 unspecified atom stereocenters. The van der Waals surface area contributed by atoms with Gasteiger partial charge in [-0.15, -0.1) is 10.2 Å². The summed E-state index contributed by atoms with van der Waals surface area (Å²) in [5.41, 5.74) is 12.1. The molecule has 0 aliphatic carbocycles. The van der Waals surface area contributed by atoms with Crippen LogP contribution in [0.2, 0.25) is 0 Å². The van der Waals surface area contributed by atoms with Gasteiger partial charge in [0.2, 0.25) is 5.82 Å². The monoisotopic (exact) mass is 321 g/mol. The molecule has 0 aliphatic heterocycles. The van der Waals surface area contributed by atoms with Crippen molar-refractivity contribution in [2.75, 3.05) is 6.61 Å². The maximum atomic E-state index is 8.95. The fourth-order valence-corrected chi connectivity index (χ4v) is 2.38. The molecule has 0 saturated carbocycles. The minimum atomic E-state index is -0.0328. The van der Waals surface area contributed by atoms with Gasteiger partial charge in [0.1, 0.15) is 0 Å². The van der Waals surface area contributed by atoms with Crippen LogP contribution in [0.25, 0.3) is 21.8 Å². The molecule has 1 N–H and O–H groups in total. The van der Waals surface area contributed by atoms with Crippen LogP contribution in [0.15, 0.2) is 53.6 Å². The molecular weight excluding hydrogens is 306 g/mol. The van der Waals surface area contributed by atoms with Crippen molar-refractivity contribution < 1.29 is 5.11 Å². The lowest BCUT2D eigenvalue weighted by molar-refractivity contribution is 0.259. The summed E-state index contributed by atoms with van der Waals surface area (Å²) in [5, 5.41) is 24.8. The van der Waals surface area contributed by atoms with E-state index < -0.39 is 0 Å². The summed E-state index contributed by atoms with van der Waals surface area (Å²) < 4.78 is 0. The molecule has 2 aromatic carbocycles. The largest absolute Gasteiger partial charge is 0.394 e. The van der Waals surface area contributed by atoms with E-state index in [1.165, 1.54) is 4.80 Å². The highest BCUT2D eigenvalue weighted by molar-refractivity contribution is 5.60. The summed E-state index contributed by atoms with van der Waals surface area (Å²) in [4.78, 5) is 4.15. The molecule has 24 heavy (non-hydrogen) atoms. The first-order valence-electron chi connectivity index (χ1n) is 7.41. The van der Waals surface area contributed by atoms with Crippen LogP contribution >= 0.6 is 0 Å². The van der Waals surface area contributed by atoms with Crippen molar-refractivity contribution in [1.82, 2.24) is 20.2 Å². The minimum Gasteiger partial charge on any atom is -0.394 e. The number of rotatable bonds is 6. The lowest BCUT2D eigenvalue weighted by Crippen LogP contribution is -2.05. The number of hydrogen-bond donors (Lipinski definition) is 1. The van der Waals surface area contributed by atoms with Crippen LogP contribution in [0, 0.1) is 0 Å². The van der Waals surface area contributed by atoms with E-state index >= 15 is 0 Å². The van der Waals surface area contributed by atoms with E-state index in [2.05, 4.69) is 25.4 Å². The average molecular weight is 321 g/mol. The summed E-state index contributed by atoms with van der Waals surface area (Å²) in [5.74, 6) is 0.532. The number of hydrogen-bond acceptors (Lipinski definition) is 5. The van der Waals surface area contributed by atoms with Crippen molar-refractivity contribution in [2.45, 2.75) is 13.0 Å². The van der Waals surface area contributed by atoms with E-state index in [0.717, 1.165) is 16.7 Å². The summed E-state index contributed by atoms with van der Waals surface area (Å²) >= 11 is 0. The Morgan fingerprint density at radius 3 is 2.67 bits per heavy atom. The van der Waals surface area contributed by atoms with Gasteiger partial charge in [-0.25, -0.2) is 0 Å². The Morgan fingerprint density at radius 2 is 1.92 bits per heavy atom. The van der Waals surface area contributed by atoms with Gasteiger partial charge in [0.25, 0.3) is 0 Å². The normalized spacial score (nSPS) is 10.4. The molecule has 3 rings (SSSR count). The Labute approximate surface area is 138 Å². The quantitative estimate of drug-likeness (QED) is 0.427. The second kappa shape index (κ2) is 7.36. The van der Waals surface area contributed by atoms with Crippen molar-refractivity contribution in [3.05, 3.63) is 70.1 Å². The smallest absolute Gasteiger partial charge is 0.205 e. The highest BCUT2D eigenvalue weighted by Gasteiger charge is 2.11. The molecule has 120 valence electrons. The van der Waals surface area contributed by atoms with Crippen molar-refractivity contribution in [3.8, 4) is 11.4 Å². The number of nitrogens with zero attached hydrogens (tertiary/aromatic N) is 7. The van der Waals surface area contributed by atoms with Gasteiger partial charge >= 0.3 is 0 Å². The third-order valence-electron chi connectivity index (χ3n) is 3.50. The van der Waals surface area contributed by atoms with Crippen molar-refractivity contribution in [3.63, 3.8) is 0 Å². The zero-order chi connectivity index (χ0) is 16.8. The zero-order valence-corrected chi connectivity index (χ0v) is 12.8. The van der Waals surface area contributed by atoms with Gasteiger partial charge in [-0.2, -0.15) is 4.80 Å². The molecule has 3 aromatic rings. The molecule has 0 aliphatic rings. The predicted molar refractivity (Wildman–Crippen MR) is 88.4 cm³/mol. The first-order valence-corrected chi connectivity index (χ1v) is 7.41. The van der Waals surface area contributed by atoms with Gasteiger partial charge in [-0.05, 0) is 28.3 Å². The molecule has 1 heterocycles. The number of aliphatic hydroxyl groups is 1. The number of aliphatic hydroxyl groups excluding tert-OH is 1. The maximum Gasteiger partial charge on any atom is 0.205 e. The Balaban J connectivity index is 1.87. The number of benzene rings is 2. The molecule has 0 amide bonds. The Kier molecular flexibility index (Phi) is 4.81. The standard InChI is InChI=1S/C16H15N7O/c17-21-18-14-7-5-12(6-8-14)11-13-3-1-2-4-15(13)16-19-22-23(20-16)9-10-24/h1-8,24H,9-11H2. The van der Waals surface area contributed by atoms with Gasteiger partial charge in [0.15, 0.2) is 0 Å². The summed E-state index contributed by atoms with van der Waals surface area (Å²) in [6.45, 7) is 0.283. The Bertz CT molecular complexity index is 866. The maximum absolute atomic E-state index is 8.95. The van der Waals surface area contributed by atoms with Gasteiger partial charge < -0.3 is 5.11 Å². The van der Waals surface area contributed by atoms with E-state index in [1.807, 2.05) is 36.4 Å². The third kappa shape index (κ3) is 3.57. The summed E-state index contributed by atoms with van der Waals surface area (Å²) in [7, 11) is 0. The van der Waals surface area contributed by atoms with Crippen molar-refractivity contribution in [2.24, 2.45) is 5.11 Å². The van der Waals surface area contributed by atoms with Crippen LogP contribution < -0.4 is 0 Å². The molecule has 8 nitrogen and oxygen atoms in total. The molecule has 0 spiro atoms. The fourth-order valence-electron chi connectivity index (χ4n) is 2.38. The average Bonchev–Trinajstić information content (AvgIpc) is 3.06. The van der Waals surface area contributed by atoms with Gasteiger partial charge in [-0.3, -0.25) is 0 Å². The number of tetrazole rings is 1. The number of azide groups is 1. The van der Waals surface area contributed by atoms with E-state index in [0.29, 0.717) is 24.5 Å². The minimum absolute atomic E-state index is 0.0328. The highest BCUT2D eigenvalue weighted by Crippen LogP contribution is 2.23. The summed E-state index contributed by atoms with van der Waals surface area (Å²) in [6.07, 6.45) is 0.696. The first kappa shape index (κ1) is 15.7. The second-order valence-corrected chi connectivity index (χ2v) is 5.12. The van der Waals surface area contributed by atoms with Crippen LogP contribution in [0.1, 0.15) is 11.1 Å². The molecule has 1 aromatic heterocycles. The molecular formula is C16H15N7O. The van der Waals surface area contributed by atoms with Crippen LogP contribution in [0.4, 0.5) is 5.69 Å². The lowest BCUT2D eigenvalue weighted by Gasteiger charge is -2.07. The third-order valence-corrected chi connectivity index (χ3v) is 3.50. The molecule has 0 atom stereocenters. The van der Waals surface area contributed by atoms with Crippen LogP contribution in [0.5, 0.6) is 0 Å². The topological polar surface area (TPSA) is 113 Å². The Hall–Kier alpha value is -3.22. The molecule has 0 fully saturated rings. The van der Waals surface area contributed by atoms with Crippen LogP contribution in [0.3, 0.4) is 0 Å². The number of aromatic nitrogens is 4. The molecule has 0 radical (unpaired) electrons. The van der Waals surface area contributed by atoms with Gasteiger partial charge in [-0.1, -0.05) is 53.6 Å². The zero-order valence-electron chi connectivity index (χ0n) is 12.8. The molecule has 0 bridgehead atoms. The molecule has 8 heteroatoms. The van der Waals surface area contributed by atoms with Gasteiger partial charge in [0.05, 0.1) is 13.2 Å². The predicted octanol–water partition coefficient (Wildman–Crippen LogP) is 2.87. The Morgan fingerprint density at radius 1 is 1.12 bits per heavy atom. The fraction of sp³-hybridized carbons (Fsp3) is 0.188. The first-order chi connectivity index (χ1) is 11.8. The SMILES string of the molecule is [N-]=[N+]=Nc1ccc(Cc2ccccc2-c2nnn(CCO)n2)cc1. The van der Waals surface area contributed by atoms with E-state index in [-0.39, 0.29) is 6.61 Å².